The first-order valence-corrected chi connectivity index (χ1v) is 1.90. The molecule has 0 aliphatic rings. The molecule has 0 heterocycles. The summed E-state index contributed by atoms with van der Waals surface area (Å²) in [5.41, 5.74) is 0. The monoisotopic (exact) mass is 75.0 g/mol. The summed E-state index contributed by atoms with van der Waals surface area (Å²) in [7, 11) is 0.123. The van der Waals surface area contributed by atoms with Crippen molar-refractivity contribution in [1.29, 1.82) is 0 Å². The molecule has 0 saturated heterocycles. The Balaban J connectivity index is 2.30. The van der Waals surface area contributed by atoms with Crippen molar-refractivity contribution < 1.29 is 4.57 Å². The van der Waals surface area contributed by atoms with Gasteiger partial charge in [0.1, 0.15) is 0 Å². The maximum absolute atomic E-state index is 9.22. The summed E-state index contributed by atoms with van der Waals surface area (Å²) in [4.78, 5) is 0. The van der Waals surface area contributed by atoms with E-state index in [4.69, 9.17) is 0 Å². The van der Waals surface area contributed by atoms with Gasteiger partial charge in [-0.1, -0.05) is 6.92 Å². The van der Waals surface area contributed by atoms with Crippen LogP contribution in [0.1, 0.15) is 6.92 Å². The first-order chi connectivity index (χ1) is 1.91. The highest BCUT2D eigenvalue weighted by atomic mass is 31.1. The van der Waals surface area contributed by atoms with Crippen molar-refractivity contribution in [1.82, 2.24) is 0 Å². The zero-order valence-corrected chi connectivity index (χ0v) is 3.33. The van der Waals surface area contributed by atoms with E-state index < -0.39 is 0 Å². The Morgan fingerprint density at radius 2 is 2.25 bits per heavy atom. The topological polar surface area (TPSA) is 17.1 Å². The predicted octanol–water partition coefficient (Wildman–Crippen LogP) is 1.46. The molecule has 0 amide bonds. The minimum absolute atomic E-state index is 0.123. The third-order valence-corrected chi connectivity index (χ3v) is 0.316. The van der Waals surface area contributed by atoms with Crippen molar-refractivity contribution in [2.45, 2.75) is 6.92 Å². The van der Waals surface area contributed by atoms with Gasteiger partial charge in [0.25, 0.3) is 0 Å². The minimum Gasteiger partial charge on any atom is -0.275 e. The molecule has 0 spiro atoms. The van der Waals surface area contributed by atoms with Crippen molar-refractivity contribution in [3.8, 4) is 0 Å². The Morgan fingerprint density at radius 1 is 2.00 bits per heavy atom. The number of rotatable bonds is 1. The molecular formula is C2H4OP. The fraction of sp³-hybridized carbons (Fsp3) is 0.500. The Kier molecular flexibility index (Phi) is 3.18. The molecule has 0 aromatic carbocycles. The van der Waals surface area contributed by atoms with Gasteiger partial charge in [0, 0.05) is 0 Å². The van der Waals surface area contributed by atoms with Gasteiger partial charge in [-0.15, -0.1) is 0 Å². The van der Waals surface area contributed by atoms with Crippen molar-refractivity contribution in [3.05, 3.63) is 6.16 Å². The van der Waals surface area contributed by atoms with Crippen molar-refractivity contribution in [3.63, 3.8) is 0 Å². The molecular weight excluding hydrogens is 71.0 g/mol. The Morgan fingerprint density at radius 3 is 2.25 bits per heavy atom. The summed E-state index contributed by atoms with van der Waals surface area (Å²) >= 11 is 0. The molecule has 1 radical (unpaired) electrons. The zero-order valence-electron chi connectivity index (χ0n) is 2.43. The minimum atomic E-state index is 0.123. The third-order valence-electron chi connectivity index (χ3n) is 0.105. The van der Waals surface area contributed by atoms with E-state index in [0.29, 0.717) is 0 Å². The third kappa shape index (κ3) is 2.10. The highest BCUT2D eigenvalue weighted by Gasteiger charge is 1.56. The number of hydrogen-bond donors (Lipinski definition) is 0. The molecule has 1 nitrogen and oxygen atoms in total. The Bertz CT molecular complexity index is 20.0. The van der Waals surface area contributed by atoms with E-state index in [0.717, 1.165) is 0 Å². The largest absolute Gasteiger partial charge is 0.275 e. The van der Waals surface area contributed by atoms with Crippen LogP contribution in [0.3, 0.4) is 0 Å². The van der Waals surface area contributed by atoms with Crippen molar-refractivity contribution in [2.75, 3.05) is 0 Å². The van der Waals surface area contributed by atoms with E-state index >= 15 is 0 Å². The van der Waals surface area contributed by atoms with Crippen LogP contribution in [-0.2, 0) is 4.57 Å². The van der Waals surface area contributed by atoms with Crippen LogP contribution in [0.15, 0.2) is 0 Å². The van der Waals surface area contributed by atoms with Gasteiger partial charge in [-0.05, 0) is 0 Å². The van der Waals surface area contributed by atoms with Crippen molar-refractivity contribution in [2.24, 2.45) is 0 Å². The lowest BCUT2D eigenvalue weighted by atomic mass is 11.0. The lowest BCUT2D eigenvalue weighted by Crippen LogP contribution is -1.24. The molecule has 4 heavy (non-hydrogen) atoms. The molecule has 0 aliphatic carbocycles. The molecule has 0 aromatic heterocycles. The second-order valence-corrected chi connectivity index (χ2v) is 1.09. The first-order valence-electron chi connectivity index (χ1n) is 1.02. The molecule has 2 heteroatoms. The summed E-state index contributed by atoms with van der Waals surface area (Å²) in [6.45, 7) is 1.73. The fourth-order valence-electron chi connectivity index (χ4n) is 0. The average Bonchev–Trinajstić information content (AvgIpc) is 1.37. The lowest BCUT2D eigenvalue weighted by Gasteiger charge is -1.47. The molecule has 0 bridgehead atoms. The van der Waals surface area contributed by atoms with E-state index in [1.807, 2.05) is 0 Å². The van der Waals surface area contributed by atoms with Gasteiger partial charge in [-0.2, -0.15) is 0 Å². The average molecular weight is 75.0 g/mol. The van der Waals surface area contributed by atoms with E-state index in [-0.39, 0.29) is 8.46 Å². The van der Waals surface area contributed by atoms with E-state index in [2.05, 4.69) is 0 Å². The summed E-state index contributed by atoms with van der Waals surface area (Å²) in [6.07, 6.45) is 1.54. The normalized spacial score (nSPS) is 8.25. The van der Waals surface area contributed by atoms with Gasteiger partial charge in [-0.25, -0.2) is 0 Å². The van der Waals surface area contributed by atoms with Crippen LogP contribution in [0.4, 0.5) is 0 Å². The van der Waals surface area contributed by atoms with Crippen LogP contribution in [0.2, 0.25) is 0 Å². The molecule has 0 fully saturated rings. The predicted molar refractivity (Wildman–Crippen MR) is 17.6 cm³/mol. The quantitative estimate of drug-likeness (QED) is 0.431. The van der Waals surface area contributed by atoms with E-state index in [1.165, 1.54) is 0 Å². The van der Waals surface area contributed by atoms with Crippen LogP contribution in [-0.4, -0.2) is 0 Å². The summed E-state index contributed by atoms with van der Waals surface area (Å²) < 4.78 is 9.22. The van der Waals surface area contributed by atoms with Crippen LogP contribution in [0, 0.1) is 6.16 Å². The smallest absolute Gasteiger partial charge is 0.159 e. The molecule has 0 aromatic rings. The summed E-state index contributed by atoms with van der Waals surface area (Å²) in [5.74, 6) is 0. The van der Waals surface area contributed by atoms with Gasteiger partial charge in [0.2, 0.25) is 0 Å². The maximum Gasteiger partial charge on any atom is 0.159 e. The molecule has 0 N–H and O–H groups in total. The SMILES string of the molecule is C[CH]P=O. The Labute approximate surface area is 27.2 Å². The number of hydrogen-bond acceptors (Lipinski definition) is 1. The second-order valence-electron chi connectivity index (χ2n) is 0.364. The van der Waals surface area contributed by atoms with Crippen LogP contribution >= 0.6 is 8.46 Å². The van der Waals surface area contributed by atoms with Gasteiger partial charge in [0.05, 0.1) is 6.16 Å². The van der Waals surface area contributed by atoms with Crippen LogP contribution in [0.5, 0.6) is 0 Å². The molecule has 0 aliphatic heterocycles. The van der Waals surface area contributed by atoms with Gasteiger partial charge in [0.15, 0.2) is 8.46 Å². The van der Waals surface area contributed by atoms with Gasteiger partial charge < -0.3 is 0 Å². The van der Waals surface area contributed by atoms with Crippen molar-refractivity contribution >= 4 is 8.46 Å². The zero-order chi connectivity index (χ0) is 3.41. The van der Waals surface area contributed by atoms with E-state index in [1.54, 1.807) is 13.1 Å². The molecule has 0 saturated carbocycles. The van der Waals surface area contributed by atoms with Gasteiger partial charge >= 0.3 is 0 Å². The fourth-order valence-corrected chi connectivity index (χ4v) is 0. The highest BCUT2D eigenvalue weighted by molar-refractivity contribution is 7.26. The van der Waals surface area contributed by atoms with Crippen LogP contribution < -0.4 is 0 Å². The molecule has 0 atom stereocenters. The van der Waals surface area contributed by atoms with Gasteiger partial charge in [-0.3, -0.25) is 4.57 Å². The standard InChI is InChI=1S/C2H4OP/c1-2-4-3/h2H,1H3. The second kappa shape index (κ2) is 3.10. The summed E-state index contributed by atoms with van der Waals surface area (Å²) in [5, 5.41) is 0. The molecule has 23 valence electrons. The molecule has 0 rings (SSSR count). The summed E-state index contributed by atoms with van der Waals surface area (Å²) in [6, 6.07) is 0. The maximum atomic E-state index is 9.22. The lowest BCUT2D eigenvalue weighted by molar-refractivity contribution is 0.601. The van der Waals surface area contributed by atoms with E-state index in [9.17, 15) is 4.57 Å². The molecule has 0 unspecified atom stereocenters. The first kappa shape index (κ1) is 4.10. The Hall–Kier alpha value is 0.100. The highest BCUT2D eigenvalue weighted by Crippen LogP contribution is 1.91. The van der Waals surface area contributed by atoms with Crippen LogP contribution in [0.25, 0.3) is 0 Å².